The average molecular weight is 379 g/mol. The lowest BCUT2D eigenvalue weighted by molar-refractivity contribution is -0.119. The van der Waals surface area contributed by atoms with Crippen LogP contribution in [0.3, 0.4) is 0 Å². The molecular weight excluding hydrogens is 360 g/mol. The molecule has 0 aliphatic heterocycles. The van der Waals surface area contributed by atoms with Crippen LogP contribution in [0.15, 0.2) is 46.2 Å². The lowest BCUT2D eigenvalue weighted by atomic mass is 9.82. The molecule has 4 nitrogen and oxygen atoms in total. The molecule has 26 heavy (non-hydrogen) atoms. The lowest BCUT2D eigenvalue weighted by Crippen LogP contribution is -2.28. The Bertz CT molecular complexity index is 957. The fourth-order valence-electron chi connectivity index (χ4n) is 3.38. The van der Waals surface area contributed by atoms with Crippen molar-refractivity contribution in [1.29, 1.82) is 0 Å². The van der Waals surface area contributed by atoms with E-state index in [0.29, 0.717) is 24.9 Å². The quantitative estimate of drug-likeness (QED) is 0.886. The largest absolute Gasteiger partial charge is 0.356 e. The van der Waals surface area contributed by atoms with Crippen LogP contribution in [0.4, 0.5) is 8.78 Å². The van der Waals surface area contributed by atoms with Gasteiger partial charge in [-0.1, -0.05) is 12.1 Å². The van der Waals surface area contributed by atoms with E-state index in [4.69, 9.17) is 0 Å². The van der Waals surface area contributed by atoms with E-state index in [1.54, 1.807) is 6.07 Å². The Morgan fingerprint density at radius 3 is 2.69 bits per heavy atom. The minimum atomic E-state index is -4.15. The summed E-state index contributed by atoms with van der Waals surface area (Å²) >= 11 is 0. The third kappa shape index (κ3) is 3.49. The Kier molecular flexibility index (Phi) is 5.09. The van der Waals surface area contributed by atoms with Crippen LogP contribution in [0.25, 0.3) is 0 Å². The number of amides is 1. The molecule has 138 valence electrons. The summed E-state index contributed by atoms with van der Waals surface area (Å²) in [7, 11) is -4.15. The van der Waals surface area contributed by atoms with Gasteiger partial charge in [0.15, 0.2) is 0 Å². The fraction of sp³-hybridized carbons (Fsp3) is 0.316. The summed E-state index contributed by atoms with van der Waals surface area (Å²) in [5, 5.41) is 2.73. The maximum Gasteiger partial charge on any atom is 0.216 e. The van der Waals surface area contributed by atoms with Crippen LogP contribution in [-0.2, 0) is 21.1 Å². The van der Waals surface area contributed by atoms with Gasteiger partial charge in [-0.2, -0.15) is 0 Å². The van der Waals surface area contributed by atoms with Gasteiger partial charge < -0.3 is 5.32 Å². The van der Waals surface area contributed by atoms with Gasteiger partial charge in [-0.3, -0.25) is 4.79 Å². The molecule has 0 unspecified atom stereocenters. The van der Waals surface area contributed by atoms with Gasteiger partial charge in [0.2, 0.25) is 15.7 Å². The Balaban J connectivity index is 2.03. The smallest absolute Gasteiger partial charge is 0.216 e. The van der Waals surface area contributed by atoms with Crippen LogP contribution in [0.1, 0.15) is 36.8 Å². The van der Waals surface area contributed by atoms with Crippen LogP contribution in [0.2, 0.25) is 0 Å². The van der Waals surface area contributed by atoms with E-state index in [2.05, 4.69) is 5.32 Å². The van der Waals surface area contributed by atoms with Crippen molar-refractivity contribution in [1.82, 2.24) is 5.32 Å². The molecule has 0 fully saturated rings. The van der Waals surface area contributed by atoms with E-state index in [1.165, 1.54) is 25.1 Å². The summed E-state index contributed by atoms with van der Waals surface area (Å²) in [6.07, 6.45) is 1.94. The Morgan fingerprint density at radius 2 is 2.00 bits per heavy atom. The molecule has 1 N–H and O–H groups in total. The van der Waals surface area contributed by atoms with Crippen molar-refractivity contribution in [3.8, 4) is 0 Å². The second-order valence-corrected chi connectivity index (χ2v) is 8.35. The monoisotopic (exact) mass is 379 g/mol. The van der Waals surface area contributed by atoms with Crippen LogP contribution >= 0.6 is 0 Å². The first-order valence-corrected chi connectivity index (χ1v) is 9.85. The molecule has 3 rings (SSSR count). The molecule has 0 saturated carbocycles. The van der Waals surface area contributed by atoms with Gasteiger partial charge >= 0.3 is 0 Å². The molecule has 0 radical (unpaired) electrons. The van der Waals surface area contributed by atoms with Gasteiger partial charge in [0.25, 0.3) is 0 Å². The van der Waals surface area contributed by atoms with E-state index in [9.17, 15) is 17.6 Å². The molecule has 1 amide bonds. The van der Waals surface area contributed by atoms with E-state index >= 15 is 4.39 Å². The van der Waals surface area contributed by atoms with Crippen LogP contribution in [0, 0.1) is 11.6 Å². The van der Waals surface area contributed by atoms with Crippen molar-refractivity contribution in [2.24, 2.45) is 0 Å². The fourth-order valence-corrected chi connectivity index (χ4v) is 4.77. The number of nitrogens with one attached hydrogen (secondary N) is 1. The highest BCUT2D eigenvalue weighted by molar-refractivity contribution is 7.91. The molecule has 1 aliphatic rings. The van der Waals surface area contributed by atoms with Crippen molar-refractivity contribution < 1.29 is 22.0 Å². The summed E-state index contributed by atoms with van der Waals surface area (Å²) in [6.45, 7) is 1.80. The zero-order valence-electron chi connectivity index (χ0n) is 14.3. The summed E-state index contributed by atoms with van der Waals surface area (Å²) in [5.74, 6) is -1.69. The molecule has 0 spiro atoms. The second-order valence-electron chi connectivity index (χ2n) is 6.43. The molecule has 2 aromatic carbocycles. The number of fused-ring (bicyclic) bond motifs is 1. The third-order valence-electron chi connectivity index (χ3n) is 4.66. The number of rotatable bonds is 4. The topological polar surface area (TPSA) is 63.2 Å². The van der Waals surface area contributed by atoms with Crippen molar-refractivity contribution >= 4 is 15.7 Å². The van der Waals surface area contributed by atoms with Crippen LogP contribution in [0.5, 0.6) is 0 Å². The molecular formula is C19H19F2NO3S. The van der Waals surface area contributed by atoms with E-state index < -0.39 is 26.4 Å². The van der Waals surface area contributed by atoms with E-state index in [1.807, 2.05) is 0 Å². The summed E-state index contributed by atoms with van der Waals surface area (Å²) in [4.78, 5) is 10.4. The first kappa shape index (κ1) is 18.5. The van der Waals surface area contributed by atoms with E-state index in [-0.39, 0.29) is 16.7 Å². The Hall–Kier alpha value is -2.28. The second kappa shape index (κ2) is 7.15. The van der Waals surface area contributed by atoms with Crippen LogP contribution in [-0.4, -0.2) is 20.9 Å². The zero-order valence-corrected chi connectivity index (χ0v) is 15.1. The predicted octanol–water partition coefficient (Wildman–Crippen LogP) is 3.35. The number of hydrogen-bond acceptors (Lipinski definition) is 3. The van der Waals surface area contributed by atoms with Gasteiger partial charge in [0.1, 0.15) is 16.5 Å². The molecule has 1 atom stereocenters. The number of benzene rings is 2. The maximum absolute atomic E-state index is 15.0. The molecule has 7 heteroatoms. The number of halogens is 2. The average Bonchev–Trinajstić information content (AvgIpc) is 2.60. The number of sulfone groups is 1. The third-order valence-corrected chi connectivity index (χ3v) is 6.43. The summed E-state index contributed by atoms with van der Waals surface area (Å²) < 4.78 is 53.9. The van der Waals surface area contributed by atoms with Crippen molar-refractivity contribution in [2.45, 2.75) is 41.9 Å². The Morgan fingerprint density at radius 1 is 1.23 bits per heavy atom. The highest BCUT2D eigenvalue weighted by Crippen LogP contribution is 2.36. The predicted molar refractivity (Wildman–Crippen MR) is 92.6 cm³/mol. The van der Waals surface area contributed by atoms with Crippen LogP contribution < -0.4 is 5.32 Å². The molecule has 2 aromatic rings. The molecule has 0 heterocycles. The summed E-state index contributed by atoms with van der Waals surface area (Å²) in [6, 6.07) is 7.39. The van der Waals surface area contributed by atoms with Gasteiger partial charge in [0.05, 0.1) is 4.90 Å². The minimum Gasteiger partial charge on any atom is -0.356 e. The van der Waals surface area contributed by atoms with Crippen molar-refractivity contribution in [3.63, 3.8) is 0 Å². The Labute approximate surface area is 151 Å². The normalized spacial score (nSPS) is 16.8. The molecule has 1 aliphatic carbocycles. The number of carbonyl (C=O) groups is 1. The first-order valence-electron chi connectivity index (χ1n) is 8.37. The standard InChI is InChI=1S/C19H19F2NO3S/c1-12(23)22-11-13-4-2-7-17-16(13)8-9-18(19(17)21)26(24,25)15-6-3-5-14(20)10-15/h3,5-6,8-10,13H,2,4,7,11H2,1H3,(H,22,23)/t13-/m0/s1. The van der Waals surface area contributed by atoms with E-state index in [0.717, 1.165) is 24.1 Å². The molecule has 0 bridgehead atoms. The highest BCUT2D eigenvalue weighted by atomic mass is 32.2. The summed E-state index contributed by atoms with van der Waals surface area (Å²) in [5.41, 5.74) is 1.09. The maximum atomic E-state index is 15.0. The lowest BCUT2D eigenvalue weighted by Gasteiger charge is -2.26. The first-order chi connectivity index (χ1) is 12.3. The number of carbonyl (C=O) groups excluding carboxylic acids is 1. The highest BCUT2D eigenvalue weighted by Gasteiger charge is 2.29. The minimum absolute atomic E-state index is 0.0527. The SMILES string of the molecule is CC(=O)NC[C@@H]1CCCc2c1ccc(S(=O)(=O)c1cccc(F)c1)c2F. The molecule has 0 saturated heterocycles. The van der Waals surface area contributed by atoms with Gasteiger partial charge in [-0.15, -0.1) is 0 Å². The zero-order chi connectivity index (χ0) is 18.9. The number of hydrogen-bond donors (Lipinski definition) is 1. The van der Waals surface area contributed by atoms with Gasteiger partial charge in [-0.05, 0) is 54.7 Å². The van der Waals surface area contributed by atoms with Gasteiger partial charge in [-0.25, -0.2) is 17.2 Å². The van der Waals surface area contributed by atoms with Gasteiger partial charge in [0, 0.05) is 19.4 Å². The molecule has 0 aromatic heterocycles. The van der Waals surface area contributed by atoms with Crippen molar-refractivity contribution in [2.75, 3.05) is 6.54 Å². The van der Waals surface area contributed by atoms with Crippen molar-refractivity contribution in [3.05, 3.63) is 59.2 Å².